The maximum absolute atomic E-state index is 12.9. The molecule has 1 fully saturated rings. The van der Waals surface area contributed by atoms with Crippen molar-refractivity contribution in [2.45, 2.75) is 39.3 Å². The van der Waals surface area contributed by atoms with Crippen LogP contribution in [0.1, 0.15) is 26.7 Å². The van der Waals surface area contributed by atoms with Crippen LogP contribution in [0.25, 0.3) is 11.1 Å². The molecule has 1 atom stereocenters. The molecule has 1 saturated carbocycles. The summed E-state index contributed by atoms with van der Waals surface area (Å²) in [4.78, 5) is 17.2. The van der Waals surface area contributed by atoms with Gasteiger partial charge in [-0.3, -0.25) is 9.48 Å². The highest BCUT2D eigenvalue weighted by atomic mass is 19.1. The molecule has 0 radical (unpaired) electrons. The lowest BCUT2D eigenvalue weighted by atomic mass is 10.0. The van der Waals surface area contributed by atoms with Gasteiger partial charge in [0.05, 0.1) is 24.1 Å². The Morgan fingerprint density at radius 2 is 2.08 bits per heavy atom. The maximum atomic E-state index is 12.9. The maximum Gasteiger partial charge on any atom is 0.230 e. The summed E-state index contributed by atoms with van der Waals surface area (Å²) in [6.07, 6.45) is 5.63. The topological polar surface area (TPSA) is 41.4 Å². The summed E-state index contributed by atoms with van der Waals surface area (Å²) < 4.78 is 14.2. The number of aromatic nitrogens is 2. The lowest BCUT2D eigenvalue weighted by Gasteiger charge is -2.42. The van der Waals surface area contributed by atoms with Crippen LogP contribution < -0.4 is 9.80 Å². The molecule has 1 aromatic carbocycles. The molecule has 138 valence electrons. The van der Waals surface area contributed by atoms with E-state index in [9.17, 15) is 9.18 Å². The second-order valence-electron chi connectivity index (χ2n) is 7.24. The van der Waals surface area contributed by atoms with Gasteiger partial charge in [-0.15, -0.1) is 0 Å². The number of nitrogens with zero attached hydrogens (tertiary/aromatic N) is 4. The van der Waals surface area contributed by atoms with Gasteiger partial charge in [0, 0.05) is 36.8 Å². The van der Waals surface area contributed by atoms with E-state index < -0.39 is 6.67 Å². The number of halogens is 1. The number of hydrogen-bond acceptors (Lipinski definition) is 3. The fourth-order valence-corrected chi connectivity index (χ4v) is 3.82. The molecule has 0 N–H and O–H groups in total. The van der Waals surface area contributed by atoms with E-state index in [1.54, 1.807) is 10.9 Å². The van der Waals surface area contributed by atoms with E-state index in [1.807, 2.05) is 11.1 Å². The number of aryl methyl sites for hydroxylation is 1. The minimum atomic E-state index is -0.432. The normalized spacial score (nSPS) is 19.6. The molecule has 0 unspecified atom stereocenters. The zero-order valence-corrected chi connectivity index (χ0v) is 15.4. The highest BCUT2D eigenvalue weighted by molar-refractivity contribution is 6.01. The lowest BCUT2D eigenvalue weighted by molar-refractivity contribution is -0.119. The summed E-state index contributed by atoms with van der Waals surface area (Å²) in [6, 6.07) is 6.55. The molecule has 2 aliphatic rings. The number of hydrogen-bond donors (Lipinski definition) is 0. The van der Waals surface area contributed by atoms with Gasteiger partial charge in [-0.25, -0.2) is 4.39 Å². The number of carbonyl (C=O) groups is 1. The second-order valence-corrected chi connectivity index (χ2v) is 7.24. The molecule has 2 aromatic rings. The fraction of sp³-hybridized carbons (Fsp3) is 0.500. The van der Waals surface area contributed by atoms with Crippen molar-refractivity contribution in [2.24, 2.45) is 5.92 Å². The van der Waals surface area contributed by atoms with Crippen molar-refractivity contribution in [3.8, 4) is 11.1 Å². The van der Waals surface area contributed by atoms with Gasteiger partial charge in [-0.05, 0) is 44.4 Å². The Kier molecular flexibility index (Phi) is 4.42. The van der Waals surface area contributed by atoms with Crippen molar-refractivity contribution in [1.82, 2.24) is 9.78 Å². The van der Waals surface area contributed by atoms with Crippen molar-refractivity contribution in [1.29, 1.82) is 0 Å². The summed E-state index contributed by atoms with van der Waals surface area (Å²) in [5.74, 6) is 0.443. The van der Waals surface area contributed by atoms with E-state index in [0.717, 1.165) is 48.4 Å². The molecule has 0 bridgehead atoms. The molecule has 0 spiro atoms. The molecule has 6 heteroatoms. The first-order valence-corrected chi connectivity index (χ1v) is 9.43. The largest absolute Gasteiger partial charge is 0.366 e. The Labute approximate surface area is 153 Å². The van der Waals surface area contributed by atoms with Gasteiger partial charge < -0.3 is 9.80 Å². The van der Waals surface area contributed by atoms with Crippen molar-refractivity contribution in [2.75, 3.05) is 29.6 Å². The molecular weight excluding hydrogens is 331 g/mol. The van der Waals surface area contributed by atoms with Gasteiger partial charge in [-0.1, -0.05) is 6.07 Å². The van der Waals surface area contributed by atoms with E-state index in [1.165, 1.54) is 0 Å². The predicted octanol–water partition coefficient (Wildman–Crippen LogP) is 3.49. The molecule has 1 aliphatic carbocycles. The van der Waals surface area contributed by atoms with Crippen molar-refractivity contribution in [3.05, 3.63) is 30.6 Å². The van der Waals surface area contributed by atoms with E-state index in [2.05, 4.69) is 42.0 Å². The van der Waals surface area contributed by atoms with Crippen molar-refractivity contribution in [3.63, 3.8) is 0 Å². The average molecular weight is 356 g/mol. The monoisotopic (exact) mass is 356 g/mol. The standard InChI is InChI=1S/C20H25FN4O/c1-3-24-14(2)12-25(20(26)15-4-5-15)19-10-16(6-7-18(19)24)17-11-22-23(13-17)9-8-21/h6-7,10-11,13-15H,3-5,8-9,12H2,1-2H3/t14-/m0/s1. The molecule has 26 heavy (non-hydrogen) atoms. The Balaban J connectivity index is 1.74. The summed E-state index contributed by atoms with van der Waals surface area (Å²) >= 11 is 0. The van der Waals surface area contributed by atoms with Gasteiger partial charge in [-0.2, -0.15) is 5.10 Å². The first-order chi connectivity index (χ1) is 12.6. The second kappa shape index (κ2) is 6.74. The number of carbonyl (C=O) groups excluding carboxylic acids is 1. The number of alkyl halides is 1. The number of likely N-dealkylation sites (N-methyl/N-ethyl adjacent to an activating group) is 1. The smallest absolute Gasteiger partial charge is 0.230 e. The lowest BCUT2D eigenvalue weighted by Crippen LogP contribution is -2.50. The highest BCUT2D eigenvalue weighted by Crippen LogP contribution is 2.41. The fourth-order valence-electron chi connectivity index (χ4n) is 3.82. The summed E-state index contributed by atoms with van der Waals surface area (Å²) in [7, 11) is 0. The first kappa shape index (κ1) is 17.1. The highest BCUT2D eigenvalue weighted by Gasteiger charge is 2.38. The Bertz CT molecular complexity index is 814. The molecule has 1 aliphatic heterocycles. The quantitative estimate of drug-likeness (QED) is 0.823. The molecule has 0 saturated heterocycles. The Morgan fingerprint density at radius 1 is 1.27 bits per heavy atom. The zero-order valence-electron chi connectivity index (χ0n) is 15.4. The van der Waals surface area contributed by atoms with Gasteiger partial charge in [0.1, 0.15) is 6.67 Å². The Hall–Kier alpha value is -2.37. The molecular formula is C20H25FN4O. The van der Waals surface area contributed by atoms with Crippen LogP contribution in [0.5, 0.6) is 0 Å². The van der Waals surface area contributed by atoms with Crippen LogP contribution in [-0.2, 0) is 11.3 Å². The van der Waals surface area contributed by atoms with Gasteiger partial charge in [0.25, 0.3) is 0 Å². The molecule has 1 aromatic heterocycles. The third-order valence-electron chi connectivity index (χ3n) is 5.37. The number of amides is 1. The van der Waals surface area contributed by atoms with E-state index in [4.69, 9.17) is 0 Å². The number of anilines is 2. The summed E-state index contributed by atoms with van der Waals surface area (Å²) in [6.45, 7) is 5.78. The van der Waals surface area contributed by atoms with Gasteiger partial charge >= 0.3 is 0 Å². The molecule has 2 heterocycles. The molecule has 5 nitrogen and oxygen atoms in total. The van der Waals surface area contributed by atoms with Crippen LogP contribution in [-0.4, -0.2) is 41.5 Å². The minimum absolute atomic E-state index is 0.194. The van der Waals surface area contributed by atoms with E-state index in [-0.39, 0.29) is 18.4 Å². The summed E-state index contributed by atoms with van der Waals surface area (Å²) in [5.41, 5.74) is 4.05. The van der Waals surface area contributed by atoms with Gasteiger partial charge in [0.2, 0.25) is 5.91 Å². The SMILES string of the molecule is CCN1c2ccc(-c3cnn(CCF)c3)cc2N(C(=O)C2CC2)C[C@@H]1C. The minimum Gasteiger partial charge on any atom is -0.366 e. The third kappa shape index (κ3) is 2.97. The van der Waals surface area contributed by atoms with E-state index >= 15 is 0 Å². The van der Waals surface area contributed by atoms with Crippen LogP contribution in [0, 0.1) is 5.92 Å². The van der Waals surface area contributed by atoms with Crippen LogP contribution in [0.4, 0.5) is 15.8 Å². The van der Waals surface area contributed by atoms with Crippen LogP contribution in [0.3, 0.4) is 0 Å². The summed E-state index contributed by atoms with van der Waals surface area (Å²) in [5, 5.41) is 4.22. The predicted molar refractivity (Wildman–Crippen MR) is 101 cm³/mol. The Morgan fingerprint density at radius 3 is 2.77 bits per heavy atom. The zero-order chi connectivity index (χ0) is 18.3. The van der Waals surface area contributed by atoms with Crippen LogP contribution >= 0.6 is 0 Å². The van der Waals surface area contributed by atoms with Crippen molar-refractivity contribution >= 4 is 17.3 Å². The van der Waals surface area contributed by atoms with Crippen molar-refractivity contribution < 1.29 is 9.18 Å². The number of benzene rings is 1. The number of rotatable bonds is 5. The third-order valence-corrected chi connectivity index (χ3v) is 5.37. The van der Waals surface area contributed by atoms with Gasteiger partial charge in [0.15, 0.2) is 0 Å². The first-order valence-electron chi connectivity index (χ1n) is 9.43. The molecule has 1 amide bonds. The van der Waals surface area contributed by atoms with Crippen LogP contribution in [0.15, 0.2) is 30.6 Å². The molecule has 4 rings (SSSR count). The average Bonchev–Trinajstić information content (AvgIpc) is 3.39. The van der Waals surface area contributed by atoms with E-state index in [0.29, 0.717) is 6.04 Å². The number of fused-ring (bicyclic) bond motifs is 1. The van der Waals surface area contributed by atoms with Crippen LogP contribution in [0.2, 0.25) is 0 Å².